The zero-order valence-corrected chi connectivity index (χ0v) is 11.4. The number of benzene rings is 2. The van der Waals surface area contributed by atoms with E-state index >= 15 is 0 Å². The maximum Gasteiger partial charge on any atom is 0.258 e. The van der Waals surface area contributed by atoms with Crippen LogP contribution in [0.3, 0.4) is 0 Å². The molecule has 0 radical (unpaired) electrons. The fourth-order valence-electron chi connectivity index (χ4n) is 1.42. The Labute approximate surface area is 117 Å². The van der Waals surface area contributed by atoms with Gasteiger partial charge in [-0.1, -0.05) is 23.7 Å². The SMILES string of the molecule is O=C(Nc1ccccc1Br)c1cc(Cl)ccc1F. The first kappa shape index (κ1) is 13.1. The Morgan fingerprint density at radius 3 is 2.67 bits per heavy atom. The van der Waals surface area contributed by atoms with Crippen molar-refractivity contribution in [2.24, 2.45) is 0 Å². The van der Waals surface area contributed by atoms with Gasteiger partial charge in [-0.15, -0.1) is 0 Å². The van der Waals surface area contributed by atoms with Crippen molar-refractivity contribution in [1.29, 1.82) is 0 Å². The largest absolute Gasteiger partial charge is 0.321 e. The molecule has 2 aromatic carbocycles. The Bertz CT molecular complexity index is 603. The van der Waals surface area contributed by atoms with E-state index in [1.54, 1.807) is 18.2 Å². The van der Waals surface area contributed by atoms with Crippen LogP contribution in [0.2, 0.25) is 5.02 Å². The van der Waals surface area contributed by atoms with Crippen LogP contribution in [0, 0.1) is 5.82 Å². The molecule has 1 N–H and O–H groups in total. The molecule has 0 aliphatic rings. The number of anilines is 1. The number of halogens is 3. The third-order valence-electron chi connectivity index (χ3n) is 2.30. The lowest BCUT2D eigenvalue weighted by Crippen LogP contribution is -2.14. The first-order valence-electron chi connectivity index (χ1n) is 5.09. The van der Waals surface area contributed by atoms with Gasteiger partial charge in [-0.3, -0.25) is 4.79 Å². The lowest BCUT2D eigenvalue weighted by Gasteiger charge is -2.08. The third kappa shape index (κ3) is 2.89. The molecule has 0 atom stereocenters. The van der Waals surface area contributed by atoms with E-state index in [4.69, 9.17) is 11.6 Å². The van der Waals surface area contributed by atoms with Gasteiger partial charge in [0.15, 0.2) is 0 Å². The highest BCUT2D eigenvalue weighted by Crippen LogP contribution is 2.23. The van der Waals surface area contributed by atoms with Crippen LogP contribution in [0.15, 0.2) is 46.9 Å². The number of hydrogen-bond donors (Lipinski definition) is 1. The zero-order valence-electron chi connectivity index (χ0n) is 9.08. The molecule has 18 heavy (non-hydrogen) atoms. The summed E-state index contributed by atoms with van der Waals surface area (Å²) in [5.41, 5.74) is 0.486. The van der Waals surface area contributed by atoms with Crippen molar-refractivity contribution < 1.29 is 9.18 Å². The van der Waals surface area contributed by atoms with Crippen LogP contribution in [0.5, 0.6) is 0 Å². The molecule has 0 aromatic heterocycles. The molecule has 0 fully saturated rings. The van der Waals surface area contributed by atoms with Gasteiger partial charge < -0.3 is 5.32 Å². The second-order valence-electron chi connectivity index (χ2n) is 3.56. The van der Waals surface area contributed by atoms with Crippen LogP contribution in [-0.4, -0.2) is 5.91 Å². The van der Waals surface area contributed by atoms with E-state index in [0.717, 1.165) is 10.5 Å². The summed E-state index contributed by atoms with van der Waals surface area (Å²) >= 11 is 9.03. The highest BCUT2D eigenvalue weighted by molar-refractivity contribution is 9.10. The first-order chi connectivity index (χ1) is 8.58. The van der Waals surface area contributed by atoms with Crippen molar-refractivity contribution in [2.45, 2.75) is 0 Å². The van der Waals surface area contributed by atoms with Crippen LogP contribution in [-0.2, 0) is 0 Å². The average Bonchev–Trinajstić information content (AvgIpc) is 2.35. The fourth-order valence-corrected chi connectivity index (χ4v) is 1.98. The molecule has 0 saturated carbocycles. The van der Waals surface area contributed by atoms with Gasteiger partial charge in [-0.05, 0) is 46.3 Å². The predicted molar refractivity (Wildman–Crippen MR) is 73.5 cm³/mol. The highest BCUT2D eigenvalue weighted by Gasteiger charge is 2.13. The van der Waals surface area contributed by atoms with E-state index < -0.39 is 11.7 Å². The molecule has 2 rings (SSSR count). The van der Waals surface area contributed by atoms with Crippen molar-refractivity contribution >= 4 is 39.1 Å². The Balaban J connectivity index is 2.28. The molecular formula is C13H8BrClFNO. The minimum absolute atomic E-state index is 0.0850. The topological polar surface area (TPSA) is 29.1 Å². The van der Waals surface area contributed by atoms with Gasteiger partial charge in [0.05, 0.1) is 11.3 Å². The average molecular weight is 329 g/mol. The van der Waals surface area contributed by atoms with E-state index in [0.29, 0.717) is 10.7 Å². The molecule has 2 aromatic rings. The van der Waals surface area contributed by atoms with Gasteiger partial charge in [0.1, 0.15) is 5.82 Å². The van der Waals surface area contributed by atoms with Gasteiger partial charge in [0, 0.05) is 9.50 Å². The Hall–Kier alpha value is -1.39. The Kier molecular flexibility index (Phi) is 3.99. The van der Waals surface area contributed by atoms with Crippen LogP contribution in [0.4, 0.5) is 10.1 Å². The standard InChI is InChI=1S/C13H8BrClFNO/c14-10-3-1-2-4-12(10)17-13(18)9-7-8(15)5-6-11(9)16/h1-7H,(H,17,18). The summed E-state index contributed by atoms with van der Waals surface area (Å²) in [6, 6.07) is 10.9. The van der Waals surface area contributed by atoms with Crippen LogP contribution >= 0.6 is 27.5 Å². The molecule has 0 saturated heterocycles. The zero-order chi connectivity index (χ0) is 13.1. The van der Waals surface area contributed by atoms with Gasteiger partial charge in [-0.2, -0.15) is 0 Å². The van der Waals surface area contributed by atoms with Gasteiger partial charge in [0.25, 0.3) is 5.91 Å². The van der Waals surface area contributed by atoms with Crippen molar-refractivity contribution in [3.8, 4) is 0 Å². The second kappa shape index (κ2) is 5.50. The number of hydrogen-bond acceptors (Lipinski definition) is 1. The molecule has 0 heterocycles. The maximum atomic E-state index is 13.5. The minimum Gasteiger partial charge on any atom is -0.321 e. The van der Waals surface area contributed by atoms with E-state index in [2.05, 4.69) is 21.2 Å². The molecular weight excluding hydrogens is 321 g/mol. The third-order valence-corrected chi connectivity index (χ3v) is 3.22. The molecule has 0 unspecified atom stereocenters. The first-order valence-corrected chi connectivity index (χ1v) is 6.26. The van der Waals surface area contributed by atoms with Gasteiger partial charge >= 0.3 is 0 Å². The van der Waals surface area contributed by atoms with Crippen LogP contribution in [0.1, 0.15) is 10.4 Å². The summed E-state index contributed by atoms with van der Waals surface area (Å²) in [6.45, 7) is 0. The van der Waals surface area contributed by atoms with Gasteiger partial charge in [0.2, 0.25) is 0 Å². The molecule has 92 valence electrons. The lowest BCUT2D eigenvalue weighted by atomic mass is 10.2. The highest BCUT2D eigenvalue weighted by atomic mass is 79.9. The van der Waals surface area contributed by atoms with E-state index in [1.807, 2.05) is 6.07 Å². The van der Waals surface area contributed by atoms with E-state index in [9.17, 15) is 9.18 Å². The molecule has 0 aliphatic heterocycles. The van der Waals surface area contributed by atoms with Crippen molar-refractivity contribution in [2.75, 3.05) is 5.32 Å². The molecule has 0 aliphatic carbocycles. The number of para-hydroxylation sites is 1. The van der Waals surface area contributed by atoms with E-state index in [-0.39, 0.29) is 5.56 Å². The maximum absolute atomic E-state index is 13.5. The van der Waals surface area contributed by atoms with Crippen molar-refractivity contribution in [1.82, 2.24) is 0 Å². The number of rotatable bonds is 2. The summed E-state index contributed by atoms with van der Waals surface area (Å²) in [4.78, 5) is 11.9. The second-order valence-corrected chi connectivity index (χ2v) is 4.85. The Morgan fingerprint density at radius 1 is 1.22 bits per heavy atom. The molecule has 1 amide bonds. The molecule has 0 spiro atoms. The quantitative estimate of drug-likeness (QED) is 0.864. The normalized spacial score (nSPS) is 10.2. The summed E-state index contributed by atoms with van der Waals surface area (Å²) in [5, 5.41) is 2.92. The van der Waals surface area contributed by atoms with Crippen LogP contribution in [0.25, 0.3) is 0 Å². The minimum atomic E-state index is -0.607. The van der Waals surface area contributed by atoms with Gasteiger partial charge in [-0.25, -0.2) is 4.39 Å². The summed E-state index contributed by atoms with van der Waals surface area (Å²) in [5.74, 6) is -1.15. The molecule has 0 bridgehead atoms. The van der Waals surface area contributed by atoms with E-state index in [1.165, 1.54) is 12.1 Å². The number of amides is 1. The van der Waals surface area contributed by atoms with Crippen molar-refractivity contribution in [3.63, 3.8) is 0 Å². The summed E-state index contributed by atoms with van der Waals surface area (Å²) < 4.78 is 14.2. The van der Waals surface area contributed by atoms with Crippen LogP contribution < -0.4 is 5.32 Å². The lowest BCUT2D eigenvalue weighted by molar-refractivity contribution is 0.102. The number of nitrogens with one attached hydrogen (secondary N) is 1. The molecule has 2 nitrogen and oxygen atoms in total. The number of carbonyl (C=O) groups is 1. The predicted octanol–water partition coefficient (Wildman–Crippen LogP) is 4.49. The summed E-state index contributed by atoms with van der Waals surface area (Å²) in [7, 11) is 0. The Morgan fingerprint density at radius 2 is 1.94 bits per heavy atom. The monoisotopic (exact) mass is 327 g/mol. The fraction of sp³-hybridized carbons (Fsp3) is 0. The summed E-state index contributed by atoms with van der Waals surface area (Å²) in [6.07, 6.45) is 0. The van der Waals surface area contributed by atoms with Crippen molar-refractivity contribution in [3.05, 3.63) is 63.3 Å². The number of carbonyl (C=O) groups excluding carboxylic acids is 1. The smallest absolute Gasteiger partial charge is 0.258 e. The molecule has 5 heteroatoms.